The number of anilines is 1. The molecule has 3 rings (SSSR count). The molecule has 2 atom stereocenters. The van der Waals surface area contributed by atoms with E-state index in [9.17, 15) is 0 Å². The highest BCUT2D eigenvalue weighted by Crippen LogP contribution is 2.41. The van der Waals surface area contributed by atoms with Crippen molar-refractivity contribution in [2.24, 2.45) is 16.8 Å². The number of hydrogen-bond acceptors (Lipinski definition) is 3. The van der Waals surface area contributed by atoms with Crippen molar-refractivity contribution in [2.75, 3.05) is 11.4 Å². The van der Waals surface area contributed by atoms with Gasteiger partial charge in [0.25, 0.3) is 0 Å². The zero-order valence-corrected chi connectivity index (χ0v) is 12.2. The summed E-state index contributed by atoms with van der Waals surface area (Å²) in [5, 5.41) is 12.4. The van der Waals surface area contributed by atoms with Crippen LogP contribution in [0.3, 0.4) is 0 Å². The molecule has 2 unspecified atom stereocenters. The van der Waals surface area contributed by atoms with Crippen molar-refractivity contribution in [3.8, 4) is 0 Å². The van der Waals surface area contributed by atoms with Gasteiger partial charge in [-0.2, -0.15) is 0 Å². The third kappa shape index (κ3) is 2.33. The molecule has 0 bridgehead atoms. The molecule has 2 fully saturated rings. The van der Waals surface area contributed by atoms with Gasteiger partial charge in [-0.05, 0) is 43.4 Å². The van der Waals surface area contributed by atoms with Crippen molar-refractivity contribution >= 4 is 23.1 Å². The lowest BCUT2D eigenvalue weighted by Gasteiger charge is -2.33. The van der Waals surface area contributed by atoms with E-state index in [1.807, 2.05) is 12.1 Å². The predicted octanol–water partition coefficient (Wildman–Crippen LogP) is 3.20. The molecule has 4 nitrogen and oxygen atoms in total. The SMILES string of the molecule is N/C(=N/O)c1ccc(N2CCC3CCCCC32)c(Cl)c1. The average molecular weight is 294 g/mol. The minimum absolute atomic E-state index is 0.0930. The van der Waals surface area contributed by atoms with Crippen LogP contribution < -0.4 is 10.6 Å². The van der Waals surface area contributed by atoms with Gasteiger partial charge in [0.1, 0.15) is 0 Å². The molecule has 0 amide bonds. The average Bonchev–Trinajstić information content (AvgIpc) is 2.90. The molecule has 2 aliphatic rings. The van der Waals surface area contributed by atoms with Gasteiger partial charge >= 0.3 is 0 Å². The summed E-state index contributed by atoms with van der Waals surface area (Å²) in [5.74, 6) is 0.916. The maximum absolute atomic E-state index is 8.72. The molecular weight excluding hydrogens is 274 g/mol. The molecule has 3 N–H and O–H groups in total. The Balaban J connectivity index is 1.87. The first-order chi connectivity index (χ1) is 9.70. The highest BCUT2D eigenvalue weighted by Gasteiger charge is 2.36. The van der Waals surface area contributed by atoms with Crippen molar-refractivity contribution in [3.05, 3.63) is 28.8 Å². The Hall–Kier alpha value is -1.42. The van der Waals surface area contributed by atoms with E-state index in [0.717, 1.165) is 18.2 Å². The minimum atomic E-state index is 0.0930. The Morgan fingerprint density at radius 3 is 2.85 bits per heavy atom. The van der Waals surface area contributed by atoms with Crippen molar-refractivity contribution in [1.29, 1.82) is 0 Å². The van der Waals surface area contributed by atoms with Crippen LogP contribution in [0.1, 0.15) is 37.7 Å². The summed E-state index contributed by atoms with van der Waals surface area (Å²) in [4.78, 5) is 2.45. The molecule has 5 heteroatoms. The lowest BCUT2D eigenvalue weighted by Crippen LogP contribution is -2.34. The van der Waals surface area contributed by atoms with Gasteiger partial charge in [-0.3, -0.25) is 0 Å². The van der Waals surface area contributed by atoms with Gasteiger partial charge in [0.15, 0.2) is 5.84 Å². The highest BCUT2D eigenvalue weighted by molar-refractivity contribution is 6.33. The lowest BCUT2D eigenvalue weighted by atomic mass is 9.85. The van der Waals surface area contributed by atoms with E-state index >= 15 is 0 Å². The number of benzene rings is 1. The molecule has 108 valence electrons. The zero-order chi connectivity index (χ0) is 14.1. The Kier molecular flexibility index (Phi) is 3.74. The molecule has 1 saturated heterocycles. The summed E-state index contributed by atoms with van der Waals surface area (Å²) in [6, 6.07) is 6.28. The van der Waals surface area contributed by atoms with Crippen LogP contribution in [0, 0.1) is 5.92 Å². The fourth-order valence-corrected chi connectivity index (χ4v) is 3.95. The number of halogens is 1. The number of amidine groups is 1. The first kappa shape index (κ1) is 13.6. The van der Waals surface area contributed by atoms with Crippen molar-refractivity contribution in [1.82, 2.24) is 0 Å². The van der Waals surface area contributed by atoms with Gasteiger partial charge < -0.3 is 15.8 Å². The van der Waals surface area contributed by atoms with E-state index in [1.54, 1.807) is 6.07 Å². The predicted molar refractivity (Wildman–Crippen MR) is 81.7 cm³/mol. The summed E-state index contributed by atoms with van der Waals surface area (Å²) in [6.45, 7) is 1.08. The van der Waals surface area contributed by atoms with E-state index in [0.29, 0.717) is 16.6 Å². The number of nitrogens with zero attached hydrogens (tertiary/aromatic N) is 2. The molecule has 1 aromatic rings. The van der Waals surface area contributed by atoms with Crippen LogP contribution in [-0.2, 0) is 0 Å². The van der Waals surface area contributed by atoms with Crippen LogP contribution in [0.5, 0.6) is 0 Å². The quantitative estimate of drug-likeness (QED) is 0.381. The summed E-state index contributed by atoms with van der Waals surface area (Å²) in [5.41, 5.74) is 7.33. The number of oxime groups is 1. The molecule has 0 spiro atoms. The number of rotatable bonds is 2. The monoisotopic (exact) mass is 293 g/mol. The molecule has 20 heavy (non-hydrogen) atoms. The highest BCUT2D eigenvalue weighted by atomic mass is 35.5. The second-order valence-electron chi connectivity index (χ2n) is 5.75. The Labute approximate surface area is 124 Å². The van der Waals surface area contributed by atoms with Crippen molar-refractivity contribution in [3.63, 3.8) is 0 Å². The van der Waals surface area contributed by atoms with E-state index in [4.69, 9.17) is 22.5 Å². The van der Waals surface area contributed by atoms with Crippen LogP contribution in [0.4, 0.5) is 5.69 Å². The normalized spacial score (nSPS) is 26.6. The van der Waals surface area contributed by atoms with Crippen molar-refractivity contribution in [2.45, 2.75) is 38.1 Å². The lowest BCUT2D eigenvalue weighted by molar-refractivity contribution is 0.318. The second kappa shape index (κ2) is 5.52. The largest absolute Gasteiger partial charge is 0.409 e. The Morgan fingerprint density at radius 2 is 2.10 bits per heavy atom. The summed E-state index contributed by atoms with van der Waals surface area (Å²) >= 11 is 6.41. The fraction of sp³-hybridized carbons (Fsp3) is 0.533. The maximum atomic E-state index is 8.72. The van der Waals surface area contributed by atoms with Gasteiger partial charge in [-0.25, -0.2) is 0 Å². The Morgan fingerprint density at radius 1 is 1.30 bits per heavy atom. The van der Waals surface area contributed by atoms with Gasteiger partial charge in [-0.15, -0.1) is 0 Å². The second-order valence-corrected chi connectivity index (χ2v) is 6.15. The summed E-state index contributed by atoms with van der Waals surface area (Å²) in [7, 11) is 0. The van der Waals surface area contributed by atoms with E-state index in [2.05, 4.69) is 10.1 Å². The minimum Gasteiger partial charge on any atom is -0.409 e. The first-order valence-electron chi connectivity index (χ1n) is 7.25. The molecule has 1 saturated carbocycles. The molecular formula is C15H20ClN3O. The van der Waals surface area contributed by atoms with Crippen molar-refractivity contribution < 1.29 is 5.21 Å². The first-order valence-corrected chi connectivity index (χ1v) is 7.62. The van der Waals surface area contributed by atoms with E-state index in [-0.39, 0.29) is 5.84 Å². The zero-order valence-electron chi connectivity index (χ0n) is 11.4. The van der Waals surface area contributed by atoms with Gasteiger partial charge in [0.05, 0.1) is 10.7 Å². The third-order valence-electron chi connectivity index (χ3n) is 4.67. The maximum Gasteiger partial charge on any atom is 0.170 e. The number of nitrogens with two attached hydrogens (primary N) is 1. The topological polar surface area (TPSA) is 61.9 Å². The van der Waals surface area contributed by atoms with Crippen LogP contribution >= 0.6 is 11.6 Å². The van der Waals surface area contributed by atoms with E-state index in [1.165, 1.54) is 32.1 Å². The fourth-order valence-electron chi connectivity index (χ4n) is 3.66. The smallest absolute Gasteiger partial charge is 0.170 e. The molecule has 1 aliphatic carbocycles. The standard InChI is InChI=1S/C15H20ClN3O/c16-12-9-11(15(17)18-20)5-6-14(12)19-8-7-10-3-1-2-4-13(10)19/h5-6,9-10,13,20H,1-4,7-8H2,(H2,17,18). The molecule has 1 aliphatic heterocycles. The molecule has 1 aromatic carbocycles. The van der Waals surface area contributed by atoms with Gasteiger partial charge in [-0.1, -0.05) is 29.6 Å². The van der Waals surface area contributed by atoms with Crippen LogP contribution in [0.2, 0.25) is 5.02 Å². The van der Waals surface area contributed by atoms with Crippen LogP contribution in [-0.4, -0.2) is 23.6 Å². The molecule has 0 radical (unpaired) electrons. The van der Waals surface area contributed by atoms with E-state index < -0.39 is 0 Å². The van der Waals surface area contributed by atoms with Gasteiger partial charge in [0.2, 0.25) is 0 Å². The van der Waals surface area contributed by atoms with Crippen LogP contribution in [0.15, 0.2) is 23.4 Å². The number of fused-ring (bicyclic) bond motifs is 1. The summed E-state index contributed by atoms with van der Waals surface area (Å²) in [6.07, 6.45) is 6.57. The molecule has 0 aromatic heterocycles. The number of hydrogen-bond donors (Lipinski definition) is 2. The summed E-state index contributed by atoms with van der Waals surface area (Å²) < 4.78 is 0. The third-order valence-corrected chi connectivity index (χ3v) is 4.97. The van der Waals surface area contributed by atoms with Crippen LogP contribution in [0.25, 0.3) is 0 Å². The molecule has 1 heterocycles. The Bertz CT molecular complexity index is 532. The van der Waals surface area contributed by atoms with Gasteiger partial charge in [0, 0.05) is 18.2 Å².